The first kappa shape index (κ1) is 14.7. The molecule has 1 atom stereocenters. The Kier molecular flexibility index (Phi) is 4.65. The van der Waals surface area contributed by atoms with E-state index in [1.165, 1.54) is 7.11 Å². The molecule has 1 heterocycles. The maximum atomic E-state index is 11.3. The molecule has 0 aliphatic rings. The second-order valence-electron chi connectivity index (χ2n) is 4.44. The van der Waals surface area contributed by atoms with Gasteiger partial charge in [0.15, 0.2) is 0 Å². The fourth-order valence-corrected chi connectivity index (χ4v) is 2.00. The van der Waals surface area contributed by atoms with Gasteiger partial charge in [0.2, 0.25) is 0 Å². The van der Waals surface area contributed by atoms with Gasteiger partial charge in [-0.1, -0.05) is 17.3 Å². The zero-order valence-corrected chi connectivity index (χ0v) is 11.5. The third-order valence-corrected chi connectivity index (χ3v) is 3.15. The molecule has 0 saturated carbocycles. The third kappa shape index (κ3) is 3.65. The van der Waals surface area contributed by atoms with Gasteiger partial charge in [-0.05, 0) is 24.1 Å². The maximum absolute atomic E-state index is 11.3. The molecule has 0 aliphatic carbocycles. The lowest BCUT2D eigenvalue weighted by Gasteiger charge is -2.12. The summed E-state index contributed by atoms with van der Waals surface area (Å²) in [6, 6.07) is 6.95. The van der Waals surface area contributed by atoms with Crippen LogP contribution in [0.5, 0.6) is 0 Å². The molecule has 0 amide bonds. The highest BCUT2D eigenvalue weighted by Crippen LogP contribution is 2.23. The minimum atomic E-state index is -0.965. The normalized spacial score (nSPS) is 11.9. The van der Waals surface area contributed by atoms with Gasteiger partial charge in [0, 0.05) is 6.42 Å². The minimum absolute atomic E-state index is 0.0678. The van der Waals surface area contributed by atoms with E-state index in [0.29, 0.717) is 5.56 Å². The number of esters is 1. The number of aromatic nitrogens is 3. The van der Waals surface area contributed by atoms with Crippen molar-refractivity contribution in [2.45, 2.75) is 18.8 Å². The van der Waals surface area contributed by atoms with E-state index in [0.717, 1.165) is 5.69 Å². The molecule has 7 heteroatoms. The SMILES string of the molecule is COC(=O)CC[C@H](C(=O)O)c1ccc(-n2ccnn2)cc1. The monoisotopic (exact) mass is 289 g/mol. The zero-order chi connectivity index (χ0) is 15.2. The Morgan fingerprint density at radius 2 is 2.05 bits per heavy atom. The number of aliphatic carboxylic acids is 1. The lowest BCUT2D eigenvalue weighted by molar-refractivity contribution is -0.142. The predicted molar refractivity (Wildman–Crippen MR) is 73.0 cm³/mol. The fourth-order valence-electron chi connectivity index (χ4n) is 2.00. The number of methoxy groups -OCH3 is 1. The van der Waals surface area contributed by atoms with Gasteiger partial charge in [0.05, 0.1) is 31.1 Å². The molecule has 2 aromatic rings. The number of benzene rings is 1. The van der Waals surface area contributed by atoms with Crippen LogP contribution in [0.25, 0.3) is 5.69 Å². The number of nitrogens with zero attached hydrogens (tertiary/aromatic N) is 3. The van der Waals surface area contributed by atoms with Crippen LogP contribution in [0, 0.1) is 0 Å². The quantitative estimate of drug-likeness (QED) is 0.807. The molecule has 110 valence electrons. The van der Waals surface area contributed by atoms with Crippen LogP contribution in [0.1, 0.15) is 24.3 Å². The second-order valence-corrected chi connectivity index (χ2v) is 4.44. The highest BCUT2D eigenvalue weighted by molar-refractivity contribution is 5.77. The lowest BCUT2D eigenvalue weighted by Crippen LogP contribution is -2.14. The van der Waals surface area contributed by atoms with Crippen molar-refractivity contribution in [3.8, 4) is 5.69 Å². The molecule has 0 spiro atoms. The van der Waals surface area contributed by atoms with Gasteiger partial charge in [0.1, 0.15) is 0 Å². The first-order valence-corrected chi connectivity index (χ1v) is 6.38. The number of rotatable bonds is 6. The standard InChI is InChI=1S/C14H15N3O4/c1-21-13(18)7-6-12(14(19)20)10-2-4-11(5-3-10)17-9-8-15-16-17/h2-5,8-9,12H,6-7H2,1H3,(H,19,20)/t12-/m0/s1. The Morgan fingerprint density at radius 1 is 1.33 bits per heavy atom. The molecule has 0 bridgehead atoms. The summed E-state index contributed by atoms with van der Waals surface area (Å²) in [7, 11) is 1.28. The van der Waals surface area contributed by atoms with E-state index in [2.05, 4.69) is 15.0 Å². The lowest BCUT2D eigenvalue weighted by atomic mass is 9.94. The molecular weight excluding hydrogens is 274 g/mol. The van der Waals surface area contributed by atoms with Crippen molar-refractivity contribution in [1.29, 1.82) is 0 Å². The van der Waals surface area contributed by atoms with Crippen LogP contribution in [-0.4, -0.2) is 39.1 Å². The van der Waals surface area contributed by atoms with Crippen molar-refractivity contribution >= 4 is 11.9 Å². The molecule has 0 saturated heterocycles. The molecule has 0 unspecified atom stereocenters. The Labute approximate surface area is 121 Å². The van der Waals surface area contributed by atoms with E-state index >= 15 is 0 Å². The van der Waals surface area contributed by atoms with Gasteiger partial charge < -0.3 is 9.84 Å². The van der Waals surface area contributed by atoms with Gasteiger partial charge >= 0.3 is 11.9 Å². The molecule has 1 aromatic heterocycles. The van der Waals surface area contributed by atoms with Crippen LogP contribution < -0.4 is 0 Å². The molecule has 2 rings (SSSR count). The van der Waals surface area contributed by atoms with Gasteiger partial charge in [0.25, 0.3) is 0 Å². The van der Waals surface area contributed by atoms with Gasteiger partial charge in [-0.25, -0.2) is 4.68 Å². The van der Waals surface area contributed by atoms with Crippen molar-refractivity contribution in [3.63, 3.8) is 0 Å². The van der Waals surface area contributed by atoms with Crippen LogP contribution in [0.4, 0.5) is 0 Å². The molecule has 1 aromatic carbocycles. The summed E-state index contributed by atoms with van der Waals surface area (Å²) in [6.07, 6.45) is 3.52. The summed E-state index contributed by atoms with van der Waals surface area (Å²) in [5, 5.41) is 16.9. The average Bonchev–Trinajstić information content (AvgIpc) is 3.01. The molecular formula is C14H15N3O4. The molecule has 21 heavy (non-hydrogen) atoms. The maximum Gasteiger partial charge on any atom is 0.310 e. The highest BCUT2D eigenvalue weighted by atomic mass is 16.5. The first-order valence-electron chi connectivity index (χ1n) is 6.38. The van der Waals surface area contributed by atoms with Crippen LogP contribution in [0.2, 0.25) is 0 Å². The Balaban J connectivity index is 2.13. The van der Waals surface area contributed by atoms with Crippen LogP contribution in [0.3, 0.4) is 0 Å². The van der Waals surface area contributed by atoms with E-state index < -0.39 is 17.9 Å². The van der Waals surface area contributed by atoms with Gasteiger partial charge in [-0.3, -0.25) is 9.59 Å². The number of hydrogen-bond acceptors (Lipinski definition) is 5. The number of carbonyl (C=O) groups excluding carboxylic acids is 1. The molecule has 0 radical (unpaired) electrons. The summed E-state index contributed by atoms with van der Waals surface area (Å²) in [5.41, 5.74) is 1.42. The molecule has 7 nitrogen and oxygen atoms in total. The van der Waals surface area contributed by atoms with E-state index in [1.54, 1.807) is 41.3 Å². The topological polar surface area (TPSA) is 94.3 Å². The Morgan fingerprint density at radius 3 is 2.57 bits per heavy atom. The van der Waals surface area contributed by atoms with Crippen molar-refractivity contribution in [2.75, 3.05) is 7.11 Å². The van der Waals surface area contributed by atoms with Crippen LogP contribution in [0.15, 0.2) is 36.7 Å². The number of ether oxygens (including phenoxy) is 1. The number of carboxylic acid groups (broad SMARTS) is 1. The van der Waals surface area contributed by atoms with E-state index in [9.17, 15) is 14.7 Å². The first-order chi connectivity index (χ1) is 10.1. The Bertz CT molecular complexity index is 608. The van der Waals surface area contributed by atoms with Crippen molar-refractivity contribution in [3.05, 3.63) is 42.2 Å². The molecule has 0 aliphatic heterocycles. The number of hydrogen-bond donors (Lipinski definition) is 1. The van der Waals surface area contributed by atoms with Gasteiger partial charge in [-0.2, -0.15) is 0 Å². The van der Waals surface area contributed by atoms with Crippen LogP contribution >= 0.6 is 0 Å². The van der Waals surface area contributed by atoms with E-state index in [-0.39, 0.29) is 12.8 Å². The number of carbonyl (C=O) groups is 2. The summed E-state index contributed by atoms with van der Waals surface area (Å²) >= 11 is 0. The summed E-state index contributed by atoms with van der Waals surface area (Å²) in [6.45, 7) is 0. The van der Waals surface area contributed by atoms with Crippen LogP contribution in [-0.2, 0) is 14.3 Å². The fraction of sp³-hybridized carbons (Fsp3) is 0.286. The summed E-state index contributed by atoms with van der Waals surface area (Å²) < 4.78 is 6.11. The predicted octanol–water partition coefficient (Wildman–Crippen LogP) is 1.39. The van der Waals surface area contributed by atoms with Gasteiger partial charge in [-0.15, -0.1) is 5.10 Å². The molecule has 1 N–H and O–H groups in total. The largest absolute Gasteiger partial charge is 0.481 e. The third-order valence-electron chi connectivity index (χ3n) is 3.15. The Hall–Kier alpha value is -2.70. The number of carboxylic acids is 1. The highest BCUT2D eigenvalue weighted by Gasteiger charge is 2.21. The average molecular weight is 289 g/mol. The minimum Gasteiger partial charge on any atom is -0.481 e. The van der Waals surface area contributed by atoms with Crippen molar-refractivity contribution in [1.82, 2.24) is 15.0 Å². The summed E-state index contributed by atoms with van der Waals surface area (Å²) in [4.78, 5) is 22.5. The van der Waals surface area contributed by atoms with Crippen molar-refractivity contribution < 1.29 is 19.4 Å². The zero-order valence-electron chi connectivity index (χ0n) is 11.5. The summed E-state index contributed by atoms with van der Waals surface area (Å²) in [5.74, 6) is -2.12. The smallest absolute Gasteiger partial charge is 0.310 e. The molecule has 0 fully saturated rings. The van der Waals surface area contributed by atoms with E-state index in [1.807, 2.05) is 0 Å². The van der Waals surface area contributed by atoms with E-state index in [4.69, 9.17) is 0 Å². The second kappa shape index (κ2) is 6.65. The van der Waals surface area contributed by atoms with Crippen molar-refractivity contribution in [2.24, 2.45) is 0 Å².